The molecule has 1 rings (SSSR count). The summed E-state index contributed by atoms with van der Waals surface area (Å²) in [6, 6.07) is 0. The van der Waals surface area contributed by atoms with Crippen LogP contribution in [0.3, 0.4) is 0 Å². The Morgan fingerprint density at radius 1 is 1.54 bits per heavy atom. The fourth-order valence-electron chi connectivity index (χ4n) is 1.19. The van der Waals surface area contributed by atoms with Gasteiger partial charge < -0.3 is 9.30 Å². The average Bonchev–Trinajstić information content (AvgIpc) is 2.45. The van der Waals surface area contributed by atoms with E-state index >= 15 is 0 Å². The van der Waals surface area contributed by atoms with Gasteiger partial charge in [-0.05, 0) is 27.2 Å². The number of hydrogen-bond donors (Lipinski definition) is 0. The minimum Gasteiger partial charge on any atom is -0.379 e. The van der Waals surface area contributed by atoms with Crippen LogP contribution >= 0.6 is 0 Å². The van der Waals surface area contributed by atoms with Gasteiger partial charge in [0.05, 0.1) is 6.10 Å². The molecule has 0 fully saturated rings. The molecule has 0 aliphatic carbocycles. The van der Waals surface area contributed by atoms with Gasteiger partial charge in [-0.2, -0.15) is 0 Å². The number of ether oxygens (including phenoxy) is 1. The summed E-state index contributed by atoms with van der Waals surface area (Å²) >= 11 is 0. The van der Waals surface area contributed by atoms with Crippen molar-refractivity contribution in [2.24, 2.45) is 0 Å². The Bertz CT molecular complexity index is 243. The maximum atomic E-state index is 5.45. The van der Waals surface area contributed by atoms with Crippen molar-refractivity contribution in [3.63, 3.8) is 0 Å². The van der Waals surface area contributed by atoms with Crippen molar-refractivity contribution in [3.05, 3.63) is 18.2 Å². The van der Waals surface area contributed by atoms with Crippen LogP contribution in [0, 0.1) is 6.92 Å². The molecule has 13 heavy (non-hydrogen) atoms. The highest BCUT2D eigenvalue weighted by Gasteiger charge is 1.97. The van der Waals surface area contributed by atoms with E-state index in [9.17, 15) is 0 Å². The van der Waals surface area contributed by atoms with Crippen LogP contribution in [0.25, 0.3) is 0 Å². The van der Waals surface area contributed by atoms with Gasteiger partial charge in [0.15, 0.2) is 0 Å². The first-order valence-electron chi connectivity index (χ1n) is 4.79. The van der Waals surface area contributed by atoms with E-state index < -0.39 is 0 Å². The van der Waals surface area contributed by atoms with Crippen LogP contribution < -0.4 is 0 Å². The van der Waals surface area contributed by atoms with E-state index in [1.165, 1.54) is 0 Å². The van der Waals surface area contributed by atoms with Crippen LogP contribution in [-0.4, -0.2) is 22.3 Å². The summed E-state index contributed by atoms with van der Waals surface area (Å²) in [6.07, 6.45) is 5.22. The lowest BCUT2D eigenvalue weighted by Gasteiger charge is -2.08. The van der Waals surface area contributed by atoms with Gasteiger partial charge in [-0.15, -0.1) is 0 Å². The van der Waals surface area contributed by atoms with Crippen molar-refractivity contribution < 1.29 is 4.74 Å². The average molecular weight is 182 g/mol. The number of imidazole rings is 1. The van der Waals surface area contributed by atoms with E-state index in [1.807, 2.05) is 19.3 Å². The van der Waals surface area contributed by atoms with Crippen LogP contribution in [0.1, 0.15) is 26.1 Å². The number of rotatable bonds is 5. The molecule has 0 bridgehead atoms. The predicted octanol–water partition coefficient (Wildman–Crippen LogP) is 2.01. The third kappa shape index (κ3) is 3.59. The first kappa shape index (κ1) is 10.3. The van der Waals surface area contributed by atoms with E-state index in [4.69, 9.17) is 4.74 Å². The number of hydrogen-bond acceptors (Lipinski definition) is 2. The minimum absolute atomic E-state index is 0.337. The van der Waals surface area contributed by atoms with Crippen LogP contribution in [0.15, 0.2) is 12.4 Å². The molecule has 1 heterocycles. The van der Waals surface area contributed by atoms with Gasteiger partial charge in [0, 0.05) is 25.5 Å². The zero-order valence-corrected chi connectivity index (χ0v) is 8.66. The van der Waals surface area contributed by atoms with Crippen LogP contribution in [0.2, 0.25) is 0 Å². The molecular weight excluding hydrogens is 164 g/mol. The van der Waals surface area contributed by atoms with Crippen molar-refractivity contribution in [1.29, 1.82) is 0 Å². The molecule has 0 atom stereocenters. The molecule has 0 aliphatic rings. The molecule has 0 radical (unpaired) electrons. The van der Waals surface area contributed by atoms with Crippen molar-refractivity contribution in [3.8, 4) is 0 Å². The van der Waals surface area contributed by atoms with Gasteiger partial charge in [-0.1, -0.05) is 0 Å². The Morgan fingerprint density at radius 3 is 2.85 bits per heavy atom. The van der Waals surface area contributed by atoms with Crippen LogP contribution in [-0.2, 0) is 11.3 Å². The monoisotopic (exact) mass is 182 g/mol. The SMILES string of the molecule is Cc1nccn1CCCOC(C)C. The van der Waals surface area contributed by atoms with Gasteiger partial charge in [0.1, 0.15) is 5.82 Å². The standard InChI is InChI=1S/C10H18N2O/c1-9(2)13-8-4-6-12-7-5-11-10(12)3/h5,7,9H,4,6,8H2,1-3H3. The predicted molar refractivity (Wildman–Crippen MR) is 52.7 cm³/mol. The van der Waals surface area contributed by atoms with Gasteiger partial charge in [0.25, 0.3) is 0 Å². The van der Waals surface area contributed by atoms with E-state index in [1.54, 1.807) is 0 Å². The third-order valence-corrected chi connectivity index (χ3v) is 1.92. The smallest absolute Gasteiger partial charge is 0.105 e. The second-order valence-corrected chi connectivity index (χ2v) is 3.44. The lowest BCUT2D eigenvalue weighted by Crippen LogP contribution is -2.07. The fourth-order valence-corrected chi connectivity index (χ4v) is 1.19. The number of aromatic nitrogens is 2. The maximum Gasteiger partial charge on any atom is 0.105 e. The number of nitrogens with zero attached hydrogens (tertiary/aromatic N) is 2. The lowest BCUT2D eigenvalue weighted by molar-refractivity contribution is 0.0748. The molecule has 3 heteroatoms. The molecule has 3 nitrogen and oxygen atoms in total. The van der Waals surface area contributed by atoms with Gasteiger partial charge in [-0.3, -0.25) is 0 Å². The molecule has 74 valence electrons. The van der Waals surface area contributed by atoms with E-state index in [0.717, 1.165) is 25.4 Å². The van der Waals surface area contributed by atoms with Crippen LogP contribution in [0.4, 0.5) is 0 Å². The summed E-state index contributed by atoms with van der Waals surface area (Å²) in [5.74, 6) is 1.07. The Hall–Kier alpha value is -0.830. The summed E-state index contributed by atoms with van der Waals surface area (Å²) in [7, 11) is 0. The zero-order valence-electron chi connectivity index (χ0n) is 8.66. The zero-order chi connectivity index (χ0) is 9.68. The van der Waals surface area contributed by atoms with Crippen molar-refractivity contribution in [2.45, 2.75) is 39.8 Å². The van der Waals surface area contributed by atoms with Gasteiger partial charge in [0.2, 0.25) is 0 Å². The fraction of sp³-hybridized carbons (Fsp3) is 0.700. The highest BCUT2D eigenvalue weighted by atomic mass is 16.5. The normalized spacial score (nSPS) is 11.1. The topological polar surface area (TPSA) is 27.1 Å². The summed E-state index contributed by atoms with van der Waals surface area (Å²) in [4.78, 5) is 4.15. The molecule has 0 spiro atoms. The third-order valence-electron chi connectivity index (χ3n) is 1.92. The van der Waals surface area contributed by atoms with Gasteiger partial charge in [-0.25, -0.2) is 4.98 Å². The Balaban J connectivity index is 2.17. The second kappa shape index (κ2) is 5.02. The largest absolute Gasteiger partial charge is 0.379 e. The maximum absolute atomic E-state index is 5.45. The van der Waals surface area contributed by atoms with E-state index in [-0.39, 0.29) is 0 Å². The van der Waals surface area contributed by atoms with Gasteiger partial charge >= 0.3 is 0 Å². The molecule has 0 N–H and O–H groups in total. The molecule has 0 aromatic carbocycles. The first-order valence-corrected chi connectivity index (χ1v) is 4.79. The lowest BCUT2D eigenvalue weighted by atomic mass is 10.4. The summed E-state index contributed by atoms with van der Waals surface area (Å²) in [5, 5.41) is 0. The Labute approximate surface area is 79.7 Å². The van der Waals surface area contributed by atoms with Crippen LogP contribution in [0.5, 0.6) is 0 Å². The molecule has 0 saturated carbocycles. The molecule has 0 aliphatic heterocycles. The van der Waals surface area contributed by atoms with E-state index in [2.05, 4.69) is 23.4 Å². The minimum atomic E-state index is 0.337. The highest BCUT2D eigenvalue weighted by molar-refractivity contribution is 4.87. The number of aryl methyl sites for hydroxylation is 2. The van der Waals surface area contributed by atoms with Crippen molar-refractivity contribution in [2.75, 3.05) is 6.61 Å². The molecule has 0 amide bonds. The second-order valence-electron chi connectivity index (χ2n) is 3.44. The van der Waals surface area contributed by atoms with Crippen molar-refractivity contribution in [1.82, 2.24) is 9.55 Å². The summed E-state index contributed by atoms with van der Waals surface area (Å²) < 4.78 is 7.59. The highest BCUT2D eigenvalue weighted by Crippen LogP contribution is 1.98. The van der Waals surface area contributed by atoms with Crippen molar-refractivity contribution >= 4 is 0 Å². The summed E-state index contributed by atoms with van der Waals surface area (Å²) in [5.41, 5.74) is 0. The molecular formula is C10H18N2O. The molecule has 1 aromatic heterocycles. The summed E-state index contributed by atoms with van der Waals surface area (Å²) in [6.45, 7) is 7.96. The Kier molecular flexibility index (Phi) is 3.96. The molecule has 0 saturated heterocycles. The molecule has 1 aromatic rings. The first-order chi connectivity index (χ1) is 6.20. The molecule has 0 unspecified atom stereocenters. The Morgan fingerprint density at radius 2 is 2.31 bits per heavy atom. The van der Waals surface area contributed by atoms with E-state index in [0.29, 0.717) is 6.10 Å². The quantitative estimate of drug-likeness (QED) is 0.651.